The molecule has 0 unspecified atom stereocenters. The van der Waals surface area contributed by atoms with Gasteiger partial charge in [-0.3, -0.25) is 14.3 Å². The average molecular weight is 379 g/mol. The smallest absolute Gasteiger partial charge is 0.295 e. The van der Waals surface area contributed by atoms with Gasteiger partial charge in [-0.15, -0.1) is 0 Å². The quantitative estimate of drug-likeness (QED) is 0.684. The van der Waals surface area contributed by atoms with Crippen LogP contribution in [0.1, 0.15) is 24.6 Å². The molecular formula is C22H25N3O3. The predicted molar refractivity (Wildman–Crippen MR) is 110 cm³/mol. The Morgan fingerprint density at radius 2 is 1.75 bits per heavy atom. The van der Waals surface area contributed by atoms with E-state index < -0.39 is 0 Å². The Labute approximate surface area is 164 Å². The summed E-state index contributed by atoms with van der Waals surface area (Å²) in [7, 11) is 1.80. The summed E-state index contributed by atoms with van der Waals surface area (Å²) >= 11 is 0. The number of amides is 1. The van der Waals surface area contributed by atoms with Crippen molar-refractivity contribution >= 4 is 11.6 Å². The van der Waals surface area contributed by atoms with Crippen molar-refractivity contribution in [3.8, 4) is 11.4 Å². The van der Waals surface area contributed by atoms with Crippen LogP contribution in [0.15, 0.2) is 59.4 Å². The molecule has 0 bridgehead atoms. The van der Waals surface area contributed by atoms with E-state index in [0.717, 1.165) is 17.0 Å². The van der Waals surface area contributed by atoms with E-state index in [1.54, 1.807) is 16.4 Å². The zero-order valence-corrected chi connectivity index (χ0v) is 16.4. The van der Waals surface area contributed by atoms with Crippen LogP contribution in [0.4, 0.5) is 5.69 Å². The lowest BCUT2D eigenvalue weighted by molar-refractivity contribution is -0.116. The van der Waals surface area contributed by atoms with Crippen molar-refractivity contribution in [2.75, 3.05) is 11.9 Å². The first-order chi connectivity index (χ1) is 13.5. The van der Waals surface area contributed by atoms with Gasteiger partial charge in [-0.1, -0.05) is 30.3 Å². The van der Waals surface area contributed by atoms with Crippen LogP contribution in [0, 0.1) is 6.92 Å². The van der Waals surface area contributed by atoms with Gasteiger partial charge in [-0.2, -0.15) is 0 Å². The van der Waals surface area contributed by atoms with Gasteiger partial charge in [0.2, 0.25) is 5.91 Å². The van der Waals surface area contributed by atoms with Crippen LogP contribution < -0.4 is 15.6 Å². The van der Waals surface area contributed by atoms with Gasteiger partial charge in [0.05, 0.1) is 18.0 Å². The summed E-state index contributed by atoms with van der Waals surface area (Å²) in [6.45, 7) is 4.39. The van der Waals surface area contributed by atoms with Gasteiger partial charge >= 0.3 is 0 Å². The molecule has 0 spiro atoms. The molecule has 0 saturated carbocycles. The van der Waals surface area contributed by atoms with E-state index in [2.05, 4.69) is 5.32 Å². The van der Waals surface area contributed by atoms with Crippen LogP contribution in [-0.4, -0.2) is 21.9 Å². The number of nitrogens with one attached hydrogen (secondary N) is 1. The van der Waals surface area contributed by atoms with Crippen molar-refractivity contribution < 1.29 is 9.53 Å². The van der Waals surface area contributed by atoms with Gasteiger partial charge in [0.15, 0.2) is 0 Å². The molecule has 28 heavy (non-hydrogen) atoms. The van der Waals surface area contributed by atoms with Crippen LogP contribution in [0.2, 0.25) is 0 Å². The number of para-hydroxylation sites is 1. The summed E-state index contributed by atoms with van der Waals surface area (Å²) in [6.07, 6.45) is 0.893. The highest BCUT2D eigenvalue weighted by atomic mass is 16.5. The van der Waals surface area contributed by atoms with Crippen molar-refractivity contribution in [3.63, 3.8) is 0 Å². The normalized spacial score (nSPS) is 10.7. The molecule has 3 aromatic rings. The van der Waals surface area contributed by atoms with E-state index in [1.165, 1.54) is 0 Å². The molecule has 0 fully saturated rings. The SMILES string of the molecule is CCOc1ccc(CCC(=O)Nc2c(C)n(C)n(-c3ccccc3)c2=O)cc1. The van der Waals surface area contributed by atoms with Crippen LogP contribution in [0.5, 0.6) is 5.75 Å². The number of carbonyl (C=O) groups excluding carboxylic acids is 1. The molecule has 1 aromatic heterocycles. The fraction of sp³-hybridized carbons (Fsp3) is 0.273. The number of aryl methyl sites for hydroxylation is 1. The lowest BCUT2D eigenvalue weighted by Gasteiger charge is -2.07. The summed E-state index contributed by atoms with van der Waals surface area (Å²) in [5.74, 6) is 0.636. The van der Waals surface area contributed by atoms with Crippen molar-refractivity contribution in [1.82, 2.24) is 9.36 Å². The first kappa shape index (κ1) is 19.5. The summed E-state index contributed by atoms with van der Waals surface area (Å²) in [6, 6.07) is 17.1. The molecule has 0 radical (unpaired) electrons. The molecule has 1 amide bonds. The molecule has 0 saturated heterocycles. The van der Waals surface area contributed by atoms with E-state index in [0.29, 0.717) is 30.8 Å². The maximum absolute atomic E-state index is 12.8. The molecule has 0 atom stereocenters. The number of carbonyl (C=O) groups is 1. The highest BCUT2D eigenvalue weighted by Crippen LogP contribution is 2.16. The Morgan fingerprint density at radius 3 is 2.39 bits per heavy atom. The number of nitrogens with zero attached hydrogens (tertiary/aromatic N) is 2. The van der Waals surface area contributed by atoms with Crippen LogP contribution in [0.25, 0.3) is 5.69 Å². The molecule has 2 aromatic carbocycles. The summed E-state index contributed by atoms with van der Waals surface area (Å²) in [4.78, 5) is 25.3. The van der Waals surface area contributed by atoms with Crippen molar-refractivity contribution in [1.29, 1.82) is 0 Å². The third-order valence-corrected chi connectivity index (χ3v) is 4.69. The fourth-order valence-corrected chi connectivity index (χ4v) is 3.09. The van der Waals surface area contributed by atoms with Crippen molar-refractivity contribution in [2.24, 2.45) is 7.05 Å². The van der Waals surface area contributed by atoms with Gasteiger partial charge in [0.25, 0.3) is 5.56 Å². The van der Waals surface area contributed by atoms with E-state index in [1.807, 2.05) is 68.4 Å². The lowest BCUT2D eigenvalue weighted by Crippen LogP contribution is -2.23. The van der Waals surface area contributed by atoms with Crippen molar-refractivity contribution in [2.45, 2.75) is 26.7 Å². The lowest BCUT2D eigenvalue weighted by atomic mass is 10.1. The molecule has 6 nitrogen and oxygen atoms in total. The van der Waals surface area contributed by atoms with Crippen LogP contribution >= 0.6 is 0 Å². The second-order valence-corrected chi connectivity index (χ2v) is 6.56. The Morgan fingerprint density at radius 1 is 1.07 bits per heavy atom. The Kier molecular flexibility index (Phi) is 5.99. The summed E-state index contributed by atoms with van der Waals surface area (Å²) in [5.41, 5.74) is 2.60. The highest BCUT2D eigenvalue weighted by molar-refractivity contribution is 5.91. The first-order valence-corrected chi connectivity index (χ1v) is 9.37. The molecule has 146 valence electrons. The maximum Gasteiger partial charge on any atom is 0.295 e. The standard InChI is InChI=1S/C22H25N3O3/c1-4-28-19-13-10-17(11-14-19)12-15-20(26)23-21-16(2)24(3)25(22(21)27)18-8-6-5-7-9-18/h5-11,13-14H,4,12,15H2,1-3H3,(H,23,26). The minimum Gasteiger partial charge on any atom is -0.494 e. The van der Waals surface area contributed by atoms with Crippen molar-refractivity contribution in [3.05, 3.63) is 76.2 Å². The first-order valence-electron chi connectivity index (χ1n) is 9.37. The second-order valence-electron chi connectivity index (χ2n) is 6.56. The number of rotatable bonds is 7. The molecule has 0 aliphatic rings. The third kappa shape index (κ3) is 4.17. The topological polar surface area (TPSA) is 65.3 Å². The number of aromatic nitrogens is 2. The minimum atomic E-state index is -0.236. The minimum absolute atomic E-state index is 0.181. The predicted octanol–water partition coefficient (Wildman–Crippen LogP) is 3.45. The molecule has 0 aliphatic heterocycles. The zero-order chi connectivity index (χ0) is 20.1. The largest absolute Gasteiger partial charge is 0.494 e. The molecule has 1 heterocycles. The molecular weight excluding hydrogens is 354 g/mol. The fourth-order valence-electron chi connectivity index (χ4n) is 3.09. The van der Waals surface area contributed by atoms with Crippen LogP contribution in [0.3, 0.4) is 0 Å². The maximum atomic E-state index is 12.8. The van der Waals surface area contributed by atoms with Gasteiger partial charge in [0.1, 0.15) is 11.4 Å². The van der Waals surface area contributed by atoms with Gasteiger partial charge in [-0.25, -0.2) is 4.68 Å². The van der Waals surface area contributed by atoms with Gasteiger partial charge < -0.3 is 10.1 Å². The third-order valence-electron chi connectivity index (χ3n) is 4.69. The number of anilines is 1. The molecule has 1 N–H and O–H groups in total. The number of ether oxygens (including phenoxy) is 1. The summed E-state index contributed by atoms with van der Waals surface area (Å²) in [5, 5.41) is 2.79. The Hall–Kier alpha value is -3.28. The van der Waals surface area contributed by atoms with Gasteiger partial charge in [-0.05, 0) is 50.1 Å². The van der Waals surface area contributed by atoms with E-state index in [-0.39, 0.29) is 11.5 Å². The number of hydrogen-bond donors (Lipinski definition) is 1. The Bertz CT molecular complexity index is 1000. The molecule has 6 heteroatoms. The number of benzene rings is 2. The van der Waals surface area contributed by atoms with Crippen LogP contribution in [-0.2, 0) is 18.3 Å². The molecule has 0 aliphatic carbocycles. The van der Waals surface area contributed by atoms with Gasteiger partial charge in [0, 0.05) is 13.5 Å². The second kappa shape index (κ2) is 8.61. The highest BCUT2D eigenvalue weighted by Gasteiger charge is 2.17. The van der Waals surface area contributed by atoms with E-state index in [9.17, 15) is 9.59 Å². The van der Waals surface area contributed by atoms with E-state index >= 15 is 0 Å². The molecule has 3 rings (SSSR count). The van der Waals surface area contributed by atoms with E-state index in [4.69, 9.17) is 4.74 Å². The Balaban J connectivity index is 1.70. The average Bonchev–Trinajstić information content (AvgIpc) is 2.91. The summed E-state index contributed by atoms with van der Waals surface area (Å²) < 4.78 is 8.73. The number of hydrogen-bond acceptors (Lipinski definition) is 3. The monoisotopic (exact) mass is 379 g/mol. The zero-order valence-electron chi connectivity index (χ0n) is 16.4.